The number of rotatable bonds is 2. The van der Waals surface area contributed by atoms with E-state index in [1.54, 1.807) is 11.3 Å². The molecular formula is C9H11N3S. The molecule has 2 rings (SSSR count). The summed E-state index contributed by atoms with van der Waals surface area (Å²) in [6.45, 7) is 2.03. The van der Waals surface area contributed by atoms with E-state index >= 15 is 0 Å². The summed E-state index contributed by atoms with van der Waals surface area (Å²) in [5, 5.41) is 5.05. The Morgan fingerprint density at radius 2 is 2.38 bits per heavy atom. The summed E-state index contributed by atoms with van der Waals surface area (Å²) in [6.07, 6.45) is 0. The molecule has 0 saturated heterocycles. The largest absolute Gasteiger partial charge is 0.359 e. The number of imidazole rings is 1. The molecule has 0 aliphatic rings. The van der Waals surface area contributed by atoms with Crippen molar-refractivity contribution in [2.24, 2.45) is 0 Å². The number of aryl methyl sites for hydroxylation is 1. The standard InChI is InChI=1S/C9H11N3S/c1-6-8(7-4-3-5-13-7)12-9(10-2)11-6/h3-5H,1-2H3,(H2,10,11,12). The number of anilines is 1. The zero-order valence-electron chi connectivity index (χ0n) is 7.59. The third kappa shape index (κ3) is 1.45. The van der Waals surface area contributed by atoms with Crippen molar-refractivity contribution in [3.05, 3.63) is 23.2 Å². The molecule has 0 aliphatic heterocycles. The van der Waals surface area contributed by atoms with Crippen LogP contribution in [0.15, 0.2) is 17.5 Å². The fourth-order valence-electron chi connectivity index (χ4n) is 1.23. The van der Waals surface area contributed by atoms with Gasteiger partial charge in [-0.15, -0.1) is 11.3 Å². The van der Waals surface area contributed by atoms with Gasteiger partial charge in [0.05, 0.1) is 4.88 Å². The van der Waals surface area contributed by atoms with E-state index in [0.29, 0.717) is 0 Å². The van der Waals surface area contributed by atoms with E-state index < -0.39 is 0 Å². The van der Waals surface area contributed by atoms with E-state index in [0.717, 1.165) is 17.3 Å². The average Bonchev–Trinajstić information content (AvgIpc) is 2.72. The summed E-state index contributed by atoms with van der Waals surface area (Å²) >= 11 is 1.70. The number of nitrogens with one attached hydrogen (secondary N) is 2. The highest BCUT2D eigenvalue weighted by atomic mass is 32.1. The highest BCUT2D eigenvalue weighted by Gasteiger charge is 2.07. The number of aromatic nitrogens is 2. The Hall–Kier alpha value is -1.29. The zero-order valence-corrected chi connectivity index (χ0v) is 8.40. The summed E-state index contributed by atoms with van der Waals surface area (Å²) in [5.41, 5.74) is 2.14. The Morgan fingerprint density at radius 3 is 2.92 bits per heavy atom. The van der Waals surface area contributed by atoms with Gasteiger partial charge in [0.15, 0.2) is 0 Å². The Labute approximate surface area is 80.8 Å². The first-order valence-electron chi connectivity index (χ1n) is 4.09. The molecule has 3 nitrogen and oxygen atoms in total. The molecule has 13 heavy (non-hydrogen) atoms. The van der Waals surface area contributed by atoms with Crippen LogP contribution in [0.4, 0.5) is 5.95 Å². The highest BCUT2D eigenvalue weighted by Crippen LogP contribution is 2.26. The lowest BCUT2D eigenvalue weighted by atomic mass is 10.3. The van der Waals surface area contributed by atoms with Crippen LogP contribution < -0.4 is 5.32 Å². The van der Waals surface area contributed by atoms with E-state index in [1.807, 2.05) is 20.0 Å². The molecule has 0 radical (unpaired) electrons. The van der Waals surface area contributed by atoms with Crippen LogP contribution in [0.5, 0.6) is 0 Å². The topological polar surface area (TPSA) is 40.7 Å². The Morgan fingerprint density at radius 1 is 1.54 bits per heavy atom. The second-order valence-corrected chi connectivity index (χ2v) is 3.73. The summed E-state index contributed by atoms with van der Waals surface area (Å²) in [6, 6.07) is 4.11. The molecule has 2 heterocycles. The summed E-state index contributed by atoms with van der Waals surface area (Å²) in [4.78, 5) is 8.79. The molecule has 0 saturated carbocycles. The fourth-order valence-corrected chi connectivity index (χ4v) is 2.00. The van der Waals surface area contributed by atoms with Gasteiger partial charge in [0.25, 0.3) is 0 Å². The van der Waals surface area contributed by atoms with Gasteiger partial charge in [-0.3, -0.25) is 0 Å². The molecule has 0 fully saturated rings. The number of thiophene rings is 1. The molecule has 0 atom stereocenters. The minimum absolute atomic E-state index is 0.820. The first-order valence-corrected chi connectivity index (χ1v) is 4.97. The quantitative estimate of drug-likeness (QED) is 0.769. The number of H-pyrrole nitrogens is 1. The lowest BCUT2D eigenvalue weighted by Crippen LogP contribution is -1.88. The molecule has 2 aromatic rings. The van der Waals surface area contributed by atoms with Crippen molar-refractivity contribution < 1.29 is 0 Å². The predicted molar refractivity (Wildman–Crippen MR) is 56.2 cm³/mol. The number of hydrogen-bond acceptors (Lipinski definition) is 3. The van der Waals surface area contributed by atoms with Gasteiger partial charge in [-0.05, 0) is 18.4 Å². The van der Waals surface area contributed by atoms with Crippen molar-refractivity contribution in [2.45, 2.75) is 6.92 Å². The monoisotopic (exact) mass is 193 g/mol. The minimum Gasteiger partial charge on any atom is -0.359 e. The maximum atomic E-state index is 4.41. The Bertz CT molecular complexity index is 389. The molecule has 0 spiro atoms. The number of aromatic amines is 1. The Balaban J connectivity index is 2.46. The average molecular weight is 193 g/mol. The molecule has 68 valence electrons. The summed E-state index contributed by atoms with van der Waals surface area (Å²) in [5.74, 6) is 0.820. The molecule has 0 aromatic carbocycles. The lowest BCUT2D eigenvalue weighted by Gasteiger charge is -1.90. The van der Waals surface area contributed by atoms with Crippen LogP contribution in [0.2, 0.25) is 0 Å². The zero-order chi connectivity index (χ0) is 9.26. The predicted octanol–water partition coefficient (Wildman–Crippen LogP) is 2.49. The SMILES string of the molecule is CNc1nc(-c2cccs2)c(C)[nH]1. The lowest BCUT2D eigenvalue weighted by molar-refractivity contribution is 1.23. The van der Waals surface area contributed by atoms with Gasteiger partial charge in [-0.1, -0.05) is 6.07 Å². The molecule has 2 aromatic heterocycles. The molecule has 4 heteroatoms. The first kappa shape index (κ1) is 8.31. The highest BCUT2D eigenvalue weighted by molar-refractivity contribution is 7.13. The van der Waals surface area contributed by atoms with Crippen LogP contribution >= 0.6 is 11.3 Å². The van der Waals surface area contributed by atoms with Crippen LogP contribution in [0.25, 0.3) is 10.6 Å². The summed E-state index contributed by atoms with van der Waals surface area (Å²) < 4.78 is 0. The third-order valence-electron chi connectivity index (χ3n) is 1.88. The van der Waals surface area contributed by atoms with E-state index in [4.69, 9.17) is 0 Å². The van der Waals surface area contributed by atoms with Crippen molar-refractivity contribution in [2.75, 3.05) is 12.4 Å². The number of hydrogen-bond donors (Lipinski definition) is 2. The first-order chi connectivity index (χ1) is 6.31. The Kier molecular flexibility index (Phi) is 2.06. The van der Waals surface area contributed by atoms with E-state index in [2.05, 4.69) is 26.7 Å². The molecule has 0 unspecified atom stereocenters. The van der Waals surface area contributed by atoms with Gasteiger partial charge in [0.1, 0.15) is 5.69 Å². The van der Waals surface area contributed by atoms with Crippen LogP contribution in [-0.4, -0.2) is 17.0 Å². The van der Waals surface area contributed by atoms with Gasteiger partial charge in [-0.25, -0.2) is 4.98 Å². The molecule has 0 amide bonds. The maximum absolute atomic E-state index is 4.41. The molecular weight excluding hydrogens is 182 g/mol. The minimum atomic E-state index is 0.820. The fraction of sp³-hybridized carbons (Fsp3) is 0.222. The molecule has 0 bridgehead atoms. The normalized spacial score (nSPS) is 10.3. The van der Waals surface area contributed by atoms with Crippen LogP contribution in [0.3, 0.4) is 0 Å². The van der Waals surface area contributed by atoms with Crippen molar-refractivity contribution in [1.29, 1.82) is 0 Å². The number of nitrogens with zero attached hydrogens (tertiary/aromatic N) is 1. The van der Waals surface area contributed by atoms with E-state index in [-0.39, 0.29) is 0 Å². The second kappa shape index (κ2) is 3.22. The van der Waals surface area contributed by atoms with Gasteiger partial charge in [0, 0.05) is 12.7 Å². The van der Waals surface area contributed by atoms with Gasteiger partial charge in [-0.2, -0.15) is 0 Å². The van der Waals surface area contributed by atoms with Crippen LogP contribution in [0, 0.1) is 6.92 Å². The summed E-state index contributed by atoms with van der Waals surface area (Å²) in [7, 11) is 1.86. The van der Waals surface area contributed by atoms with Crippen molar-refractivity contribution in [3.8, 4) is 10.6 Å². The van der Waals surface area contributed by atoms with Crippen molar-refractivity contribution in [3.63, 3.8) is 0 Å². The van der Waals surface area contributed by atoms with Crippen LogP contribution in [-0.2, 0) is 0 Å². The van der Waals surface area contributed by atoms with Gasteiger partial charge < -0.3 is 10.3 Å². The van der Waals surface area contributed by atoms with E-state index in [1.165, 1.54) is 4.88 Å². The van der Waals surface area contributed by atoms with Crippen molar-refractivity contribution in [1.82, 2.24) is 9.97 Å². The maximum Gasteiger partial charge on any atom is 0.200 e. The molecule has 0 aliphatic carbocycles. The van der Waals surface area contributed by atoms with Crippen LogP contribution in [0.1, 0.15) is 5.69 Å². The van der Waals surface area contributed by atoms with Gasteiger partial charge >= 0.3 is 0 Å². The van der Waals surface area contributed by atoms with Crippen molar-refractivity contribution >= 4 is 17.3 Å². The second-order valence-electron chi connectivity index (χ2n) is 2.79. The van der Waals surface area contributed by atoms with Gasteiger partial charge in [0.2, 0.25) is 5.95 Å². The smallest absolute Gasteiger partial charge is 0.200 e. The van der Waals surface area contributed by atoms with E-state index in [9.17, 15) is 0 Å². The third-order valence-corrected chi connectivity index (χ3v) is 2.75. The molecule has 2 N–H and O–H groups in total.